The summed E-state index contributed by atoms with van der Waals surface area (Å²) >= 11 is 5.92. The van der Waals surface area contributed by atoms with Gasteiger partial charge in [-0.15, -0.1) is 0 Å². The number of anilines is 1. The molecule has 112 valence electrons. The second-order valence-corrected chi connectivity index (χ2v) is 7.18. The van der Waals surface area contributed by atoms with Crippen LogP contribution >= 0.6 is 11.6 Å². The Morgan fingerprint density at radius 3 is 2.45 bits per heavy atom. The van der Waals surface area contributed by atoms with Crippen LogP contribution in [0.2, 0.25) is 5.02 Å². The fraction of sp³-hybridized carbons (Fsp3) is 0.462. The highest BCUT2D eigenvalue weighted by molar-refractivity contribution is 7.92. The van der Waals surface area contributed by atoms with E-state index in [9.17, 15) is 13.2 Å². The zero-order valence-corrected chi connectivity index (χ0v) is 13.5. The van der Waals surface area contributed by atoms with E-state index in [1.165, 1.54) is 29.6 Å². The summed E-state index contributed by atoms with van der Waals surface area (Å²) in [7, 11) is -2.28. The summed E-state index contributed by atoms with van der Waals surface area (Å²) in [5.41, 5.74) is 0.406. The number of sulfonamides is 1. The van der Waals surface area contributed by atoms with E-state index < -0.39 is 16.0 Å². The number of halogens is 1. The summed E-state index contributed by atoms with van der Waals surface area (Å²) in [5, 5.41) is 0.352. The molecule has 1 aromatic rings. The van der Waals surface area contributed by atoms with Crippen LogP contribution < -0.4 is 4.31 Å². The molecular weight excluding hydrogens is 302 g/mol. The molecule has 20 heavy (non-hydrogen) atoms. The summed E-state index contributed by atoms with van der Waals surface area (Å²) in [6.45, 7) is 4.03. The van der Waals surface area contributed by atoms with Gasteiger partial charge in [-0.05, 0) is 24.1 Å². The summed E-state index contributed by atoms with van der Waals surface area (Å²) in [6, 6.07) is 4.44. The van der Waals surface area contributed by atoms with Gasteiger partial charge in [-0.3, -0.25) is 4.31 Å². The van der Waals surface area contributed by atoms with Gasteiger partial charge in [-0.25, -0.2) is 13.2 Å². The molecule has 0 aliphatic carbocycles. The lowest BCUT2D eigenvalue weighted by Gasteiger charge is -2.26. The average molecular weight is 320 g/mol. The van der Waals surface area contributed by atoms with Crippen molar-refractivity contribution in [2.24, 2.45) is 5.92 Å². The quantitative estimate of drug-likeness (QED) is 0.782. The fourth-order valence-corrected chi connectivity index (χ4v) is 2.98. The summed E-state index contributed by atoms with van der Waals surface area (Å²) in [4.78, 5) is 11.8. The number of hydrogen-bond acceptors (Lipinski definition) is 4. The van der Waals surface area contributed by atoms with Gasteiger partial charge in [0.15, 0.2) is 0 Å². The lowest BCUT2D eigenvalue weighted by molar-refractivity contribution is 0.0601. The van der Waals surface area contributed by atoms with Crippen molar-refractivity contribution in [3.63, 3.8) is 0 Å². The van der Waals surface area contributed by atoms with E-state index in [1.807, 2.05) is 13.8 Å². The fourth-order valence-electron chi connectivity index (χ4n) is 1.74. The monoisotopic (exact) mass is 319 g/mol. The van der Waals surface area contributed by atoms with Crippen molar-refractivity contribution >= 4 is 33.3 Å². The maximum absolute atomic E-state index is 12.0. The van der Waals surface area contributed by atoms with Crippen molar-refractivity contribution in [1.29, 1.82) is 0 Å². The van der Waals surface area contributed by atoms with Crippen LogP contribution in [0.4, 0.5) is 5.69 Å². The number of rotatable bonds is 5. The number of methoxy groups -OCH3 is 1. The zero-order valence-electron chi connectivity index (χ0n) is 11.9. The van der Waals surface area contributed by atoms with Gasteiger partial charge in [-0.1, -0.05) is 25.4 Å². The molecule has 0 fully saturated rings. The number of carbonyl (C=O) groups excluding carboxylic acids is 1. The van der Waals surface area contributed by atoms with Crippen LogP contribution in [-0.2, 0) is 14.8 Å². The Balaban J connectivity index is 3.46. The number of carbonyl (C=O) groups is 1. The highest BCUT2D eigenvalue weighted by Crippen LogP contribution is 2.28. The molecule has 0 heterocycles. The minimum Gasteiger partial charge on any atom is -0.465 e. The Kier molecular flexibility index (Phi) is 5.42. The largest absolute Gasteiger partial charge is 0.465 e. The molecular formula is C13H18ClNO4S. The Labute approximate surface area is 124 Å². The molecule has 0 N–H and O–H groups in total. The van der Waals surface area contributed by atoms with Gasteiger partial charge in [0.2, 0.25) is 10.0 Å². The van der Waals surface area contributed by atoms with Crippen LogP contribution in [0.25, 0.3) is 0 Å². The smallest absolute Gasteiger partial charge is 0.340 e. The maximum atomic E-state index is 12.0. The first kappa shape index (κ1) is 16.8. The molecule has 0 bridgehead atoms. The van der Waals surface area contributed by atoms with Crippen molar-refractivity contribution < 1.29 is 17.9 Å². The molecule has 0 saturated heterocycles. The molecule has 0 aliphatic heterocycles. The third-order valence-corrected chi connectivity index (χ3v) is 3.95. The van der Waals surface area contributed by atoms with Crippen molar-refractivity contribution in [3.8, 4) is 0 Å². The predicted molar refractivity (Wildman–Crippen MR) is 79.8 cm³/mol. The third kappa shape index (κ3) is 4.11. The molecule has 1 rings (SSSR count). The molecule has 7 heteroatoms. The van der Waals surface area contributed by atoms with Gasteiger partial charge in [0.25, 0.3) is 0 Å². The van der Waals surface area contributed by atoms with Crippen molar-refractivity contribution in [1.82, 2.24) is 0 Å². The molecule has 0 spiro atoms. The normalized spacial score (nSPS) is 11.5. The van der Waals surface area contributed by atoms with Crippen LogP contribution in [0.5, 0.6) is 0 Å². The first-order chi connectivity index (χ1) is 9.16. The topological polar surface area (TPSA) is 63.7 Å². The number of nitrogens with zero attached hydrogens (tertiary/aromatic N) is 1. The van der Waals surface area contributed by atoms with Crippen LogP contribution in [0.15, 0.2) is 18.2 Å². The number of esters is 1. The molecule has 0 aromatic heterocycles. The lowest BCUT2D eigenvalue weighted by Crippen LogP contribution is -2.34. The van der Waals surface area contributed by atoms with Crippen molar-refractivity contribution in [3.05, 3.63) is 28.8 Å². The van der Waals surface area contributed by atoms with Gasteiger partial charge < -0.3 is 4.74 Å². The molecule has 0 amide bonds. The number of hydrogen-bond donors (Lipinski definition) is 0. The van der Waals surface area contributed by atoms with E-state index in [0.29, 0.717) is 5.02 Å². The Hall–Kier alpha value is -1.27. The van der Waals surface area contributed by atoms with Gasteiger partial charge in [0.1, 0.15) is 0 Å². The van der Waals surface area contributed by atoms with Crippen molar-refractivity contribution in [2.45, 2.75) is 13.8 Å². The van der Waals surface area contributed by atoms with E-state index in [1.54, 1.807) is 0 Å². The van der Waals surface area contributed by atoms with E-state index in [0.717, 1.165) is 6.26 Å². The SMILES string of the molecule is COC(=O)c1ccc(Cl)cc1N(CC(C)C)S(C)(=O)=O. The highest BCUT2D eigenvalue weighted by Gasteiger charge is 2.24. The molecule has 0 radical (unpaired) electrons. The lowest BCUT2D eigenvalue weighted by atomic mass is 10.1. The minimum atomic E-state index is -3.53. The van der Waals surface area contributed by atoms with Crippen molar-refractivity contribution in [2.75, 3.05) is 24.2 Å². The van der Waals surface area contributed by atoms with E-state index in [-0.39, 0.29) is 23.7 Å². The van der Waals surface area contributed by atoms with E-state index in [2.05, 4.69) is 4.74 Å². The van der Waals surface area contributed by atoms with Gasteiger partial charge >= 0.3 is 5.97 Å². The highest BCUT2D eigenvalue weighted by atomic mass is 35.5. The Morgan fingerprint density at radius 1 is 1.40 bits per heavy atom. The standard InChI is InChI=1S/C13H18ClNO4S/c1-9(2)8-15(20(4,17)18)12-7-10(14)5-6-11(12)13(16)19-3/h5-7,9H,8H2,1-4H3. The number of benzene rings is 1. The molecule has 0 atom stereocenters. The number of ether oxygens (including phenoxy) is 1. The summed E-state index contributed by atoms with van der Waals surface area (Å²) in [6.07, 6.45) is 1.09. The molecule has 0 unspecified atom stereocenters. The predicted octanol–water partition coefficient (Wildman–Crippen LogP) is 2.55. The van der Waals surface area contributed by atoms with E-state index >= 15 is 0 Å². The van der Waals surface area contributed by atoms with Crippen LogP contribution in [-0.4, -0.2) is 34.3 Å². The summed E-state index contributed by atoms with van der Waals surface area (Å²) < 4.78 is 29.8. The van der Waals surface area contributed by atoms with E-state index in [4.69, 9.17) is 11.6 Å². The third-order valence-electron chi connectivity index (χ3n) is 2.57. The first-order valence-electron chi connectivity index (χ1n) is 6.02. The van der Waals surface area contributed by atoms with Crippen LogP contribution in [0.1, 0.15) is 24.2 Å². The minimum absolute atomic E-state index is 0.0919. The molecule has 0 saturated carbocycles. The van der Waals surface area contributed by atoms with Gasteiger partial charge in [0, 0.05) is 11.6 Å². The first-order valence-corrected chi connectivity index (χ1v) is 8.25. The van der Waals surface area contributed by atoms with Gasteiger partial charge in [-0.2, -0.15) is 0 Å². The summed E-state index contributed by atoms with van der Waals surface area (Å²) in [5.74, 6) is -0.511. The van der Waals surface area contributed by atoms with Crippen LogP contribution in [0, 0.1) is 5.92 Å². The Morgan fingerprint density at radius 2 is 2.00 bits per heavy atom. The molecule has 0 aliphatic rings. The molecule has 1 aromatic carbocycles. The second kappa shape index (κ2) is 6.45. The zero-order chi connectivity index (χ0) is 15.5. The maximum Gasteiger partial charge on any atom is 0.340 e. The molecule has 5 nitrogen and oxygen atoms in total. The van der Waals surface area contributed by atoms with Crippen LogP contribution in [0.3, 0.4) is 0 Å². The second-order valence-electron chi connectivity index (χ2n) is 4.84. The average Bonchev–Trinajstić information content (AvgIpc) is 2.33. The van der Waals surface area contributed by atoms with Gasteiger partial charge in [0.05, 0.1) is 24.6 Å². The Bertz CT molecular complexity index is 598.